The molecule has 0 aromatic heterocycles. The van der Waals surface area contributed by atoms with Crippen molar-refractivity contribution in [1.82, 2.24) is 0 Å². The van der Waals surface area contributed by atoms with Gasteiger partial charge < -0.3 is 20.1 Å². The molecule has 1 atom stereocenters. The van der Waals surface area contributed by atoms with Gasteiger partial charge in [0.25, 0.3) is 0 Å². The van der Waals surface area contributed by atoms with Gasteiger partial charge in [-0.15, -0.1) is 0 Å². The maximum absolute atomic E-state index is 9.28. The summed E-state index contributed by atoms with van der Waals surface area (Å²) in [7, 11) is 0. The van der Waals surface area contributed by atoms with Gasteiger partial charge in [-0.05, 0) is 37.3 Å². The van der Waals surface area contributed by atoms with Crippen LogP contribution < -0.4 is 0 Å². The van der Waals surface area contributed by atoms with Crippen LogP contribution in [0.4, 0.5) is 0 Å². The fourth-order valence-electron chi connectivity index (χ4n) is 0.732. The summed E-state index contributed by atoms with van der Waals surface area (Å²) in [5, 5.41) is 26.2. The maximum Gasteiger partial charge on any atom is 0.189 e. The maximum atomic E-state index is 9.28. The number of thiocarbonyl (C=S) groups is 2. The van der Waals surface area contributed by atoms with Crippen molar-refractivity contribution in [3.05, 3.63) is 0 Å². The summed E-state index contributed by atoms with van der Waals surface area (Å²) in [4.78, 5) is 0. The number of hydrogen-bond donors (Lipinski definition) is 3. The van der Waals surface area contributed by atoms with Gasteiger partial charge in [0.15, 0.2) is 10.1 Å². The predicted molar refractivity (Wildman–Crippen MR) is 60.7 cm³/mol. The average Bonchev–Trinajstić information content (AvgIpc) is 2.11. The Hall–Kier alpha value is -0.300. The second-order valence-corrected chi connectivity index (χ2v) is 3.59. The van der Waals surface area contributed by atoms with Crippen LogP contribution >= 0.6 is 24.4 Å². The van der Waals surface area contributed by atoms with Crippen LogP contribution in [-0.2, 0) is 4.74 Å². The van der Waals surface area contributed by atoms with Crippen molar-refractivity contribution in [2.75, 3.05) is 13.2 Å². The van der Waals surface area contributed by atoms with Crippen LogP contribution in [0.3, 0.4) is 0 Å². The van der Waals surface area contributed by atoms with Crippen LogP contribution in [0.1, 0.15) is 19.3 Å². The zero-order chi connectivity index (χ0) is 11.0. The minimum Gasteiger partial charge on any atom is -0.502 e. The summed E-state index contributed by atoms with van der Waals surface area (Å²) < 4.78 is 5.01. The van der Waals surface area contributed by atoms with Crippen molar-refractivity contribution in [2.45, 2.75) is 25.4 Å². The van der Waals surface area contributed by atoms with Crippen molar-refractivity contribution in [3.8, 4) is 0 Å². The fourth-order valence-corrected chi connectivity index (χ4v) is 1.06. The van der Waals surface area contributed by atoms with Gasteiger partial charge in [0.2, 0.25) is 0 Å². The molecule has 14 heavy (non-hydrogen) atoms. The first-order chi connectivity index (χ1) is 6.57. The Labute approximate surface area is 93.5 Å². The highest BCUT2D eigenvalue weighted by Gasteiger charge is 2.13. The number of rotatable bonds is 7. The van der Waals surface area contributed by atoms with E-state index in [1.807, 2.05) is 0 Å². The zero-order valence-electron chi connectivity index (χ0n) is 7.68. The third-order valence-corrected chi connectivity index (χ3v) is 1.99. The number of hydrogen-bond acceptors (Lipinski definition) is 5. The topological polar surface area (TPSA) is 69.9 Å². The van der Waals surface area contributed by atoms with Gasteiger partial charge >= 0.3 is 0 Å². The molecule has 0 saturated heterocycles. The summed E-state index contributed by atoms with van der Waals surface area (Å²) in [6.07, 6.45) is 0.203. The second-order valence-electron chi connectivity index (χ2n) is 2.71. The van der Waals surface area contributed by atoms with Crippen LogP contribution in [0.2, 0.25) is 0 Å². The summed E-state index contributed by atoms with van der Waals surface area (Å²) in [5.74, 6) is 0. The van der Waals surface area contributed by atoms with Gasteiger partial charge in [-0.25, -0.2) is 0 Å². The molecule has 3 N–H and O–H groups in total. The Balaban J connectivity index is 3.57. The van der Waals surface area contributed by atoms with Gasteiger partial charge in [0, 0.05) is 13.0 Å². The molecule has 82 valence electrons. The van der Waals surface area contributed by atoms with E-state index in [-0.39, 0.29) is 23.1 Å². The fraction of sp³-hybridized carbons (Fsp3) is 0.750. The molecule has 0 aromatic carbocycles. The highest BCUT2D eigenvalue weighted by molar-refractivity contribution is 7.80. The highest BCUT2D eigenvalue weighted by Crippen LogP contribution is 2.00. The highest BCUT2D eigenvalue weighted by atomic mass is 32.1. The predicted octanol–water partition coefficient (Wildman–Crippen LogP) is 0.739. The standard InChI is InChI=1S/C8H14O4S2/c9-3-1-2-4-12-8(14)6(10)5-7(11)13/h6,9-10H,1-5H2,(H,11,13). The Kier molecular flexibility index (Phi) is 7.87. The van der Waals surface area contributed by atoms with Gasteiger partial charge in [0.1, 0.15) is 6.10 Å². The summed E-state index contributed by atoms with van der Waals surface area (Å²) in [6, 6.07) is 0. The molecule has 0 fully saturated rings. The van der Waals surface area contributed by atoms with Crippen molar-refractivity contribution in [1.29, 1.82) is 0 Å². The molecular formula is C8H14O4S2. The SMILES string of the molecule is OCCCCOC(=S)C(O)CC(O)=S. The first-order valence-corrected chi connectivity index (χ1v) is 5.07. The summed E-state index contributed by atoms with van der Waals surface area (Å²) in [6.45, 7) is 0.466. The van der Waals surface area contributed by atoms with E-state index >= 15 is 0 Å². The number of aliphatic hydroxyl groups is 3. The normalized spacial score (nSPS) is 12.1. The zero-order valence-corrected chi connectivity index (χ0v) is 9.31. The monoisotopic (exact) mass is 238 g/mol. The van der Waals surface area contributed by atoms with E-state index in [0.29, 0.717) is 19.4 Å². The van der Waals surface area contributed by atoms with Gasteiger partial charge in [0.05, 0.1) is 6.61 Å². The Morgan fingerprint density at radius 2 is 1.93 bits per heavy atom. The first-order valence-electron chi connectivity index (χ1n) is 4.25. The van der Waals surface area contributed by atoms with E-state index in [0.717, 1.165) is 0 Å². The lowest BCUT2D eigenvalue weighted by atomic mass is 10.3. The van der Waals surface area contributed by atoms with Crippen LogP contribution in [0.25, 0.3) is 0 Å². The first kappa shape index (κ1) is 13.7. The molecule has 0 rings (SSSR count). The third-order valence-electron chi connectivity index (χ3n) is 1.44. The van der Waals surface area contributed by atoms with Crippen molar-refractivity contribution in [3.63, 3.8) is 0 Å². The number of aliphatic hydroxyl groups excluding tert-OH is 3. The minimum atomic E-state index is -1.03. The Morgan fingerprint density at radius 1 is 1.29 bits per heavy atom. The molecule has 0 aliphatic carbocycles. The molecule has 0 heterocycles. The lowest BCUT2D eigenvalue weighted by molar-refractivity contribution is 0.187. The van der Waals surface area contributed by atoms with Crippen LogP contribution in [0.15, 0.2) is 0 Å². The van der Waals surface area contributed by atoms with E-state index in [2.05, 4.69) is 12.2 Å². The molecule has 0 spiro atoms. The number of ether oxygens (including phenoxy) is 1. The van der Waals surface area contributed by atoms with Crippen molar-refractivity contribution >= 4 is 34.5 Å². The van der Waals surface area contributed by atoms with Crippen LogP contribution in [0, 0.1) is 0 Å². The molecule has 6 heteroatoms. The summed E-state index contributed by atoms with van der Waals surface area (Å²) in [5.41, 5.74) is 0. The molecule has 0 aliphatic rings. The van der Waals surface area contributed by atoms with E-state index in [1.54, 1.807) is 0 Å². The molecule has 0 aromatic rings. The van der Waals surface area contributed by atoms with Crippen LogP contribution in [0.5, 0.6) is 0 Å². The average molecular weight is 238 g/mol. The molecular weight excluding hydrogens is 224 g/mol. The van der Waals surface area contributed by atoms with Gasteiger partial charge in [-0.1, -0.05) is 0 Å². The molecule has 4 nitrogen and oxygen atoms in total. The molecule has 0 bridgehead atoms. The van der Waals surface area contributed by atoms with Gasteiger partial charge in [-0.3, -0.25) is 0 Å². The van der Waals surface area contributed by atoms with Crippen molar-refractivity contribution in [2.24, 2.45) is 0 Å². The van der Waals surface area contributed by atoms with E-state index in [1.165, 1.54) is 0 Å². The quantitative estimate of drug-likeness (QED) is 0.449. The largest absolute Gasteiger partial charge is 0.502 e. The van der Waals surface area contributed by atoms with E-state index in [4.69, 9.17) is 27.2 Å². The summed E-state index contributed by atoms with van der Waals surface area (Å²) >= 11 is 9.13. The molecule has 0 radical (unpaired) electrons. The van der Waals surface area contributed by atoms with E-state index in [9.17, 15) is 5.11 Å². The molecule has 0 saturated carbocycles. The molecule has 1 unspecified atom stereocenters. The second kappa shape index (κ2) is 8.05. The Morgan fingerprint density at radius 3 is 2.43 bits per heavy atom. The minimum absolute atomic E-state index is 0.0272. The molecule has 0 aliphatic heterocycles. The molecule has 0 amide bonds. The van der Waals surface area contributed by atoms with Crippen LogP contribution in [-0.4, -0.2) is 44.7 Å². The smallest absolute Gasteiger partial charge is 0.189 e. The van der Waals surface area contributed by atoms with Crippen molar-refractivity contribution < 1.29 is 20.1 Å². The van der Waals surface area contributed by atoms with Gasteiger partial charge in [-0.2, -0.15) is 0 Å². The van der Waals surface area contributed by atoms with E-state index < -0.39 is 6.10 Å². The number of unbranched alkanes of at least 4 members (excludes halogenated alkanes) is 1. The third kappa shape index (κ3) is 7.14. The lowest BCUT2D eigenvalue weighted by Crippen LogP contribution is -2.24. The Bertz CT molecular complexity index is 196. The lowest BCUT2D eigenvalue weighted by Gasteiger charge is -2.11.